The zero-order chi connectivity index (χ0) is 24.0. The molecule has 33 heavy (non-hydrogen) atoms. The second-order valence-corrected chi connectivity index (χ2v) is 8.83. The molecule has 0 bridgehead atoms. The van der Waals surface area contributed by atoms with Crippen molar-refractivity contribution in [3.8, 4) is 11.5 Å². The molecule has 10 heteroatoms. The highest BCUT2D eigenvalue weighted by Gasteiger charge is 2.29. The molecule has 3 rings (SSSR count). The van der Waals surface area contributed by atoms with Crippen LogP contribution in [0.25, 0.3) is 0 Å². The maximum Gasteiger partial charge on any atom is 0.264 e. The van der Waals surface area contributed by atoms with Crippen LogP contribution in [-0.2, 0) is 14.8 Å². The number of phenolic OH excluding ortho intramolecular Hbond substituents is 1. The van der Waals surface area contributed by atoms with Gasteiger partial charge < -0.3 is 9.84 Å². The van der Waals surface area contributed by atoms with Crippen LogP contribution >= 0.6 is 0 Å². The van der Waals surface area contributed by atoms with Crippen molar-refractivity contribution in [2.45, 2.75) is 11.8 Å². The van der Waals surface area contributed by atoms with E-state index in [-0.39, 0.29) is 27.6 Å². The molecular formula is C23H22FN3O5S. The number of hydrogen-bond acceptors (Lipinski definition) is 6. The molecule has 0 aliphatic heterocycles. The second kappa shape index (κ2) is 10.1. The highest BCUT2D eigenvalue weighted by molar-refractivity contribution is 7.92. The summed E-state index contributed by atoms with van der Waals surface area (Å²) in [6, 6.07) is 16.0. The third-order valence-electron chi connectivity index (χ3n) is 4.66. The maximum atomic E-state index is 14.5. The van der Waals surface area contributed by atoms with E-state index >= 15 is 0 Å². The van der Waals surface area contributed by atoms with Gasteiger partial charge in [0.1, 0.15) is 12.4 Å². The Bertz CT molecular complexity index is 1280. The topological polar surface area (TPSA) is 108 Å². The summed E-state index contributed by atoms with van der Waals surface area (Å²) in [4.78, 5) is 12.4. The number of anilines is 1. The standard InChI is InChI=1S/C23H22FN3O5S/c1-16-10-12-18(13-11-16)33(30,31)27(20-8-4-3-7-19(20)24)15-22(28)26-25-14-17-6-5-9-21(32-2)23(17)29/h3-14,29H,15H2,1-2H3,(H,26,28)/b25-14-. The van der Waals surface area contributed by atoms with Gasteiger partial charge in [0.2, 0.25) is 0 Å². The summed E-state index contributed by atoms with van der Waals surface area (Å²) < 4.78 is 46.6. The van der Waals surface area contributed by atoms with Crippen LogP contribution in [0.4, 0.5) is 10.1 Å². The second-order valence-electron chi connectivity index (χ2n) is 6.97. The van der Waals surface area contributed by atoms with Crippen molar-refractivity contribution in [2.75, 3.05) is 18.0 Å². The van der Waals surface area contributed by atoms with E-state index in [1.165, 1.54) is 43.7 Å². The first-order valence-corrected chi connectivity index (χ1v) is 11.2. The smallest absolute Gasteiger partial charge is 0.264 e. The number of hydrogen-bond donors (Lipinski definition) is 2. The van der Waals surface area contributed by atoms with Crippen LogP contribution in [0.15, 0.2) is 76.7 Å². The number of aryl methyl sites for hydroxylation is 1. The molecule has 8 nitrogen and oxygen atoms in total. The number of nitrogens with one attached hydrogen (secondary N) is 1. The first kappa shape index (κ1) is 23.7. The predicted molar refractivity (Wildman–Crippen MR) is 123 cm³/mol. The Labute approximate surface area is 191 Å². The molecule has 2 N–H and O–H groups in total. The van der Waals surface area contributed by atoms with Crippen molar-refractivity contribution in [1.29, 1.82) is 0 Å². The monoisotopic (exact) mass is 471 g/mol. The minimum atomic E-state index is -4.26. The number of ether oxygens (including phenoxy) is 1. The van der Waals surface area contributed by atoms with Crippen molar-refractivity contribution in [3.63, 3.8) is 0 Å². The maximum absolute atomic E-state index is 14.5. The van der Waals surface area contributed by atoms with Crippen LogP contribution in [-0.4, -0.2) is 39.3 Å². The molecule has 0 atom stereocenters. The molecule has 0 spiro atoms. The number of carbonyl (C=O) groups is 1. The highest BCUT2D eigenvalue weighted by Crippen LogP contribution is 2.28. The Kier molecular flexibility index (Phi) is 7.29. The lowest BCUT2D eigenvalue weighted by Gasteiger charge is -2.24. The number of benzene rings is 3. The summed E-state index contributed by atoms with van der Waals surface area (Å²) in [6.07, 6.45) is 1.18. The van der Waals surface area contributed by atoms with Gasteiger partial charge in [-0.05, 0) is 43.3 Å². The first-order chi connectivity index (χ1) is 15.7. The molecule has 0 saturated heterocycles. The number of sulfonamides is 1. The van der Waals surface area contributed by atoms with Crippen molar-refractivity contribution in [1.82, 2.24) is 5.43 Å². The average Bonchev–Trinajstić information content (AvgIpc) is 2.79. The molecule has 0 aromatic heterocycles. The average molecular weight is 472 g/mol. The van der Waals surface area contributed by atoms with Gasteiger partial charge in [-0.25, -0.2) is 18.2 Å². The Morgan fingerprint density at radius 3 is 2.48 bits per heavy atom. The van der Waals surface area contributed by atoms with E-state index in [1.807, 2.05) is 0 Å². The van der Waals surface area contributed by atoms with Crippen LogP contribution in [0.3, 0.4) is 0 Å². The lowest BCUT2D eigenvalue weighted by atomic mass is 10.2. The Morgan fingerprint density at radius 1 is 1.12 bits per heavy atom. The van der Waals surface area contributed by atoms with E-state index in [2.05, 4.69) is 10.5 Å². The zero-order valence-electron chi connectivity index (χ0n) is 17.9. The molecule has 0 saturated carbocycles. The van der Waals surface area contributed by atoms with Gasteiger partial charge in [-0.3, -0.25) is 9.10 Å². The number of carbonyl (C=O) groups excluding carboxylic acids is 1. The van der Waals surface area contributed by atoms with E-state index in [0.717, 1.165) is 11.6 Å². The highest BCUT2D eigenvalue weighted by atomic mass is 32.2. The van der Waals surface area contributed by atoms with E-state index in [9.17, 15) is 22.7 Å². The number of para-hydroxylation sites is 2. The summed E-state index contributed by atoms with van der Waals surface area (Å²) in [5, 5.41) is 13.8. The normalized spacial score (nSPS) is 11.4. The number of methoxy groups -OCH3 is 1. The van der Waals surface area contributed by atoms with Gasteiger partial charge in [0, 0.05) is 5.56 Å². The summed E-state index contributed by atoms with van der Waals surface area (Å²) in [7, 11) is -2.86. The minimum Gasteiger partial charge on any atom is -0.504 e. The lowest BCUT2D eigenvalue weighted by Crippen LogP contribution is -2.40. The lowest BCUT2D eigenvalue weighted by molar-refractivity contribution is -0.119. The fourth-order valence-corrected chi connectivity index (χ4v) is 4.37. The summed E-state index contributed by atoms with van der Waals surface area (Å²) in [6.45, 7) is 1.08. The molecular weight excluding hydrogens is 449 g/mol. The van der Waals surface area contributed by atoms with Crippen molar-refractivity contribution in [3.05, 3.63) is 83.7 Å². The van der Waals surface area contributed by atoms with Gasteiger partial charge in [0.05, 0.1) is 23.9 Å². The van der Waals surface area contributed by atoms with Crippen molar-refractivity contribution in [2.24, 2.45) is 5.10 Å². The molecule has 172 valence electrons. The van der Waals surface area contributed by atoms with Crippen LogP contribution in [0.2, 0.25) is 0 Å². The fourth-order valence-electron chi connectivity index (χ4n) is 2.94. The number of hydrazone groups is 1. The SMILES string of the molecule is COc1cccc(/C=N\NC(=O)CN(c2ccccc2F)S(=O)(=O)c2ccc(C)cc2)c1O. The first-order valence-electron chi connectivity index (χ1n) is 9.76. The Morgan fingerprint density at radius 2 is 1.82 bits per heavy atom. The van der Waals surface area contributed by atoms with E-state index in [4.69, 9.17) is 4.74 Å². The predicted octanol–water partition coefficient (Wildman–Crippen LogP) is 3.19. The summed E-state index contributed by atoms with van der Waals surface area (Å²) >= 11 is 0. The fraction of sp³-hybridized carbons (Fsp3) is 0.130. The number of halogens is 1. The van der Waals surface area contributed by atoms with Gasteiger partial charge in [-0.15, -0.1) is 0 Å². The number of nitrogens with zero attached hydrogens (tertiary/aromatic N) is 2. The third kappa shape index (κ3) is 5.47. The molecule has 0 radical (unpaired) electrons. The number of rotatable bonds is 8. The quantitative estimate of drug-likeness (QED) is 0.388. The van der Waals surface area contributed by atoms with Crippen LogP contribution in [0, 0.1) is 12.7 Å². The van der Waals surface area contributed by atoms with Gasteiger partial charge in [0.15, 0.2) is 11.5 Å². The van der Waals surface area contributed by atoms with E-state index in [0.29, 0.717) is 4.31 Å². The molecule has 0 fully saturated rings. The van der Waals surface area contributed by atoms with Crippen molar-refractivity contribution < 1.29 is 27.4 Å². The Balaban J connectivity index is 1.86. The number of aromatic hydroxyl groups is 1. The van der Waals surface area contributed by atoms with Gasteiger partial charge in [0.25, 0.3) is 15.9 Å². The van der Waals surface area contributed by atoms with Crippen LogP contribution in [0.1, 0.15) is 11.1 Å². The van der Waals surface area contributed by atoms with Gasteiger partial charge in [-0.1, -0.05) is 35.9 Å². The number of phenols is 1. The van der Waals surface area contributed by atoms with Crippen molar-refractivity contribution >= 4 is 27.8 Å². The van der Waals surface area contributed by atoms with Gasteiger partial charge in [-0.2, -0.15) is 5.10 Å². The summed E-state index contributed by atoms with van der Waals surface area (Å²) in [5.74, 6) is -1.56. The molecule has 0 heterocycles. The summed E-state index contributed by atoms with van der Waals surface area (Å²) in [5.41, 5.74) is 3.04. The zero-order valence-corrected chi connectivity index (χ0v) is 18.7. The van der Waals surface area contributed by atoms with Crippen LogP contribution in [0.5, 0.6) is 11.5 Å². The van der Waals surface area contributed by atoms with E-state index < -0.39 is 28.3 Å². The number of amides is 1. The van der Waals surface area contributed by atoms with E-state index in [1.54, 1.807) is 37.3 Å². The minimum absolute atomic E-state index is 0.0889. The largest absolute Gasteiger partial charge is 0.504 e. The van der Waals surface area contributed by atoms with Crippen LogP contribution < -0.4 is 14.5 Å². The Hall–Kier alpha value is -3.92. The molecule has 0 unspecified atom stereocenters. The third-order valence-corrected chi connectivity index (χ3v) is 6.43. The molecule has 0 aliphatic carbocycles. The molecule has 0 aliphatic rings. The van der Waals surface area contributed by atoms with Gasteiger partial charge >= 0.3 is 0 Å². The molecule has 1 amide bonds. The molecule has 3 aromatic carbocycles. The molecule has 3 aromatic rings.